The Bertz CT molecular complexity index is 177. The summed E-state index contributed by atoms with van der Waals surface area (Å²) in [7, 11) is 0. The van der Waals surface area contributed by atoms with Crippen LogP contribution in [0.4, 0.5) is 0 Å². The summed E-state index contributed by atoms with van der Waals surface area (Å²) in [6, 6.07) is 0. The third-order valence-electron chi connectivity index (χ3n) is 3.32. The van der Waals surface area contributed by atoms with Crippen molar-refractivity contribution in [2.75, 3.05) is 13.2 Å². The van der Waals surface area contributed by atoms with Crippen LogP contribution in [0, 0.1) is 11.8 Å². The zero-order valence-electron chi connectivity index (χ0n) is 8.13. The highest BCUT2D eigenvalue weighted by Gasteiger charge is 2.30. The van der Waals surface area contributed by atoms with Gasteiger partial charge in [-0.15, -0.1) is 0 Å². The van der Waals surface area contributed by atoms with Crippen LogP contribution in [0.3, 0.4) is 0 Å². The van der Waals surface area contributed by atoms with Crippen LogP contribution < -0.4 is 0 Å². The molecule has 0 aromatic carbocycles. The lowest BCUT2D eigenvalue weighted by Crippen LogP contribution is -2.29. The van der Waals surface area contributed by atoms with Crippen molar-refractivity contribution >= 4 is 5.78 Å². The van der Waals surface area contributed by atoms with Crippen LogP contribution in [0.1, 0.15) is 38.5 Å². The number of ether oxygens (including phenoxy) is 1. The molecule has 2 rings (SSSR count). The summed E-state index contributed by atoms with van der Waals surface area (Å²) in [6.45, 7) is 1.55. The first-order valence-corrected chi connectivity index (χ1v) is 5.49. The van der Waals surface area contributed by atoms with Gasteiger partial charge in [0, 0.05) is 18.4 Å². The fraction of sp³-hybridized carbons (Fsp3) is 0.909. The zero-order valence-corrected chi connectivity index (χ0v) is 8.13. The summed E-state index contributed by atoms with van der Waals surface area (Å²) in [5.41, 5.74) is 0. The predicted octanol–water partition coefficient (Wildman–Crippen LogP) is 2.17. The third-order valence-corrected chi connectivity index (χ3v) is 3.32. The van der Waals surface area contributed by atoms with E-state index in [2.05, 4.69) is 0 Å². The molecule has 1 aliphatic carbocycles. The summed E-state index contributed by atoms with van der Waals surface area (Å²) < 4.78 is 5.34. The Morgan fingerprint density at radius 2 is 1.69 bits per heavy atom. The molecule has 0 aromatic rings. The fourth-order valence-electron chi connectivity index (χ4n) is 2.51. The van der Waals surface area contributed by atoms with Crippen LogP contribution in [0.15, 0.2) is 0 Å². The second-order valence-electron chi connectivity index (χ2n) is 4.30. The van der Waals surface area contributed by atoms with Gasteiger partial charge in [0.1, 0.15) is 5.78 Å². The van der Waals surface area contributed by atoms with Crippen molar-refractivity contribution in [1.29, 1.82) is 0 Å². The highest BCUT2D eigenvalue weighted by molar-refractivity contribution is 5.83. The SMILES string of the molecule is O=C(C1CCCC1)C1CCCOC1. The summed E-state index contributed by atoms with van der Waals surface area (Å²) >= 11 is 0. The first-order valence-electron chi connectivity index (χ1n) is 5.49. The molecule has 74 valence electrons. The topological polar surface area (TPSA) is 26.3 Å². The Hall–Kier alpha value is -0.370. The lowest BCUT2D eigenvalue weighted by atomic mass is 9.88. The number of hydrogen-bond donors (Lipinski definition) is 0. The highest BCUT2D eigenvalue weighted by Crippen LogP contribution is 2.30. The van der Waals surface area contributed by atoms with Crippen molar-refractivity contribution in [3.05, 3.63) is 0 Å². The minimum absolute atomic E-state index is 0.233. The van der Waals surface area contributed by atoms with Crippen LogP contribution in [0.25, 0.3) is 0 Å². The average Bonchev–Trinajstić information content (AvgIpc) is 2.71. The van der Waals surface area contributed by atoms with Crippen LogP contribution in [-0.4, -0.2) is 19.0 Å². The molecule has 1 unspecified atom stereocenters. The number of carbonyl (C=O) groups is 1. The highest BCUT2D eigenvalue weighted by atomic mass is 16.5. The quantitative estimate of drug-likeness (QED) is 0.654. The number of hydrogen-bond acceptors (Lipinski definition) is 2. The van der Waals surface area contributed by atoms with E-state index in [-0.39, 0.29) is 5.92 Å². The predicted molar refractivity (Wildman–Crippen MR) is 50.5 cm³/mol. The van der Waals surface area contributed by atoms with E-state index in [0.717, 1.165) is 32.3 Å². The molecular formula is C11H18O2. The molecule has 0 N–H and O–H groups in total. The van der Waals surface area contributed by atoms with Gasteiger partial charge in [-0.05, 0) is 25.7 Å². The van der Waals surface area contributed by atoms with Crippen molar-refractivity contribution < 1.29 is 9.53 Å². The smallest absolute Gasteiger partial charge is 0.141 e. The maximum absolute atomic E-state index is 11.9. The van der Waals surface area contributed by atoms with E-state index in [1.807, 2.05) is 0 Å². The van der Waals surface area contributed by atoms with Crippen LogP contribution in [-0.2, 0) is 9.53 Å². The molecule has 2 fully saturated rings. The van der Waals surface area contributed by atoms with Gasteiger partial charge in [0.2, 0.25) is 0 Å². The van der Waals surface area contributed by atoms with Gasteiger partial charge in [0.05, 0.1) is 6.61 Å². The molecule has 0 spiro atoms. The monoisotopic (exact) mass is 182 g/mol. The minimum atomic E-state index is 0.233. The number of carbonyl (C=O) groups excluding carboxylic acids is 1. The molecule has 1 saturated heterocycles. The van der Waals surface area contributed by atoms with Crippen molar-refractivity contribution in [3.63, 3.8) is 0 Å². The molecular weight excluding hydrogens is 164 g/mol. The Kier molecular flexibility index (Phi) is 2.99. The largest absolute Gasteiger partial charge is 0.381 e. The number of ketones is 1. The van der Waals surface area contributed by atoms with Crippen LogP contribution in [0.5, 0.6) is 0 Å². The van der Waals surface area contributed by atoms with E-state index >= 15 is 0 Å². The Labute approximate surface area is 79.7 Å². The van der Waals surface area contributed by atoms with Gasteiger partial charge >= 0.3 is 0 Å². The molecule has 13 heavy (non-hydrogen) atoms. The minimum Gasteiger partial charge on any atom is -0.381 e. The molecule has 2 aliphatic rings. The lowest BCUT2D eigenvalue weighted by molar-refractivity contribution is -0.130. The molecule has 1 atom stereocenters. The summed E-state index contributed by atoms with van der Waals surface area (Å²) in [4.78, 5) is 11.9. The average molecular weight is 182 g/mol. The van der Waals surface area contributed by atoms with E-state index < -0.39 is 0 Å². The Morgan fingerprint density at radius 3 is 2.31 bits per heavy atom. The molecule has 1 aliphatic heterocycles. The van der Waals surface area contributed by atoms with Crippen LogP contribution in [0.2, 0.25) is 0 Å². The van der Waals surface area contributed by atoms with Crippen molar-refractivity contribution in [2.45, 2.75) is 38.5 Å². The molecule has 2 heteroatoms. The number of rotatable bonds is 2. The Morgan fingerprint density at radius 1 is 1.00 bits per heavy atom. The van der Waals surface area contributed by atoms with Gasteiger partial charge in [-0.25, -0.2) is 0 Å². The van der Waals surface area contributed by atoms with Crippen molar-refractivity contribution in [1.82, 2.24) is 0 Å². The standard InChI is InChI=1S/C11H18O2/c12-11(9-4-1-2-5-9)10-6-3-7-13-8-10/h9-10H,1-8H2. The number of Topliss-reactive ketones (excluding diaryl/α,β-unsaturated/α-hetero) is 1. The lowest BCUT2D eigenvalue weighted by Gasteiger charge is -2.23. The molecule has 1 saturated carbocycles. The fourth-order valence-corrected chi connectivity index (χ4v) is 2.51. The first-order chi connectivity index (χ1) is 6.38. The summed E-state index contributed by atoms with van der Waals surface area (Å²) in [5, 5.41) is 0. The van der Waals surface area contributed by atoms with Crippen molar-refractivity contribution in [3.8, 4) is 0 Å². The summed E-state index contributed by atoms with van der Waals surface area (Å²) in [6.07, 6.45) is 6.91. The van der Waals surface area contributed by atoms with Gasteiger partial charge in [-0.1, -0.05) is 12.8 Å². The molecule has 1 heterocycles. The van der Waals surface area contributed by atoms with E-state index in [4.69, 9.17) is 4.74 Å². The van der Waals surface area contributed by atoms with E-state index in [9.17, 15) is 4.79 Å². The normalized spacial score (nSPS) is 30.6. The second kappa shape index (κ2) is 4.23. The maximum Gasteiger partial charge on any atom is 0.141 e. The third kappa shape index (κ3) is 2.11. The van der Waals surface area contributed by atoms with Gasteiger partial charge in [0.15, 0.2) is 0 Å². The maximum atomic E-state index is 11.9. The molecule has 0 radical (unpaired) electrons. The zero-order chi connectivity index (χ0) is 9.10. The van der Waals surface area contributed by atoms with Crippen LogP contribution >= 0.6 is 0 Å². The first kappa shape index (κ1) is 9.20. The van der Waals surface area contributed by atoms with Gasteiger partial charge in [-0.3, -0.25) is 4.79 Å². The van der Waals surface area contributed by atoms with Gasteiger partial charge < -0.3 is 4.74 Å². The van der Waals surface area contributed by atoms with Gasteiger partial charge in [0.25, 0.3) is 0 Å². The van der Waals surface area contributed by atoms with Gasteiger partial charge in [-0.2, -0.15) is 0 Å². The molecule has 0 aromatic heterocycles. The van der Waals surface area contributed by atoms with E-state index in [0.29, 0.717) is 18.3 Å². The summed E-state index contributed by atoms with van der Waals surface area (Å²) in [5.74, 6) is 1.11. The second-order valence-corrected chi connectivity index (χ2v) is 4.30. The Balaban J connectivity index is 1.87. The van der Waals surface area contributed by atoms with E-state index in [1.165, 1.54) is 12.8 Å². The molecule has 2 nitrogen and oxygen atoms in total. The van der Waals surface area contributed by atoms with Crippen molar-refractivity contribution in [2.24, 2.45) is 11.8 Å². The molecule has 0 amide bonds. The molecule has 0 bridgehead atoms. The van der Waals surface area contributed by atoms with E-state index in [1.54, 1.807) is 0 Å².